The summed E-state index contributed by atoms with van der Waals surface area (Å²) in [4.78, 5) is 0. The van der Waals surface area contributed by atoms with Gasteiger partial charge in [0.2, 0.25) is 0 Å². The molecule has 0 fully saturated rings. The molecule has 4 heavy (non-hydrogen) atoms. The van der Waals surface area contributed by atoms with Gasteiger partial charge in [0.05, 0.1) is 0 Å². The van der Waals surface area contributed by atoms with Gasteiger partial charge in [0, 0.05) is 16.8 Å². The molecule has 1 radical (unpaired) electrons. The average molecular weight is 251 g/mol. The molecule has 0 aromatic rings. The Hall–Kier alpha value is 2.14. The summed E-state index contributed by atoms with van der Waals surface area (Å²) in [5.74, 6) is 0. The van der Waals surface area contributed by atoms with Crippen LogP contribution in [-0.2, 0) is 46.4 Å². The Morgan fingerprint density at radius 3 is 1.75 bits per heavy atom. The molecular formula is H2CoCuMoP. The standard InChI is InChI=1S/Co.Cu.Mo.H2P/h;;;1H2/q;+1;;-1. The molecule has 0 nitrogen and oxygen atoms in total. The van der Waals surface area contributed by atoms with Crippen molar-refractivity contribution in [3.63, 3.8) is 0 Å². The van der Waals surface area contributed by atoms with E-state index in [-0.39, 0.29) is 16.8 Å². The van der Waals surface area contributed by atoms with Gasteiger partial charge in [-0.2, -0.15) is 0 Å². The Morgan fingerprint density at radius 2 is 1.75 bits per heavy atom. The van der Waals surface area contributed by atoms with Crippen LogP contribution in [0.15, 0.2) is 0 Å². The Balaban J connectivity index is 0. The normalized spacial score (nSPS) is 5.25. The summed E-state index contributed by atoms with van der Waals surface area (Å²) in [7, 11) is 2.49. The SMILES string of the molecule is [Co].[PH2][Cu][Mo]. The van der Waals surface area contributed by atoms with Crippen LogP contribution in [-0.4, -0.2) is 0 Å². The number of rotatable bonds is 0. The Morgan fingerprint density at radius 1 is 1.75 bits per heavy atom. The Labute approximate surface area is 53.9 Å². The van der Waals surface area contributed by atoms with Crippen molar-refractivity contribution in [3.8, 4) is 0 Å². The van der Waals surface area contributed by atoms with E-state index in [1.807, 2.05) is 17.7 Å². The Bertz CT molecular complexity index is 8.00. The summed E-state index contributed by atoms with van der Waals surface area (Å²) in [6, 6.07) is 0. The summed E-state index contributed by atoms with van der Waals surface area (Å²) in [6.45, 7) is 0. The maximum absolute atomic E-state index is 2.49. The molecule has 0 aliphatic heterocycles. The van der Waals surface area contributed by atoms with Crippen molar-refractivity contribution in [3.05, 3.63) is 0 Å². The molecule has 1 atom stereocenters. The molecule has 0 aromatic carbocycles. The number of hydrogen-bond acceptors (Lipinski definition) is 0. The fraction of sp³-hybridized carbons (Fsp3) is 0. The van der Waals surface area contributed by atoms with Crippen LogP contribution >= 0.6 is 7.93 Å². The van der Waals surface area contributed by atoms with Gasteiger partial charge in [0.1, 0.15) is 0 Å². The van der Waals surface area contributed by atoms with Gasteiger partial charge in [0.25, 0.3) is 0 Å². The summed E-state index contributed by atoms with van der Waals surface area (Å²) < 4.78 is 0. The van der Waals surface area contributed by atoms with Gasteiger partial charge in [-0.25, -0.2) is 0 Å². The van der Waals surface area contributed by atoms with Crippen LogP contribution in [0.5, 0.6) is 0 Å². The van der Waals surface area contributed by atoms with Crippen molar-refractivity contribution in [2.24, 2.45) is 0 Å². The Kier molecular flexibility index (Phi) is 21.2. The van der Waals surface area contributed by atoms with E-state index in [9.17, 15) is 0 Å². The molecule has 0 rings (SSSR count). The molecule has 0 bridgehead atoms. The third kappa shape index (κ3) is 8.91. The molecule has 0 aliphatic rings. The van der Waals surface area contributed by atoms with Crippen LogP contribution in [0.3, 0.4) is 0 Å². The van der Waals surface area contributed by atoms with E-state index in [0.717, 1.165) is 0 Å². The van der Waals surface area contributed by atoms with E-state index < -0.39 is 0 Å². The molecule has 1 unspecified atom stereocenters. The number of hydrogen-bond donors (Lipinski definition) is 0. The van der Waals surface area contributed by atoms with Crippen LogP contribution in [0.1, 0.15) is 0 Å². The molecule has 0 aromatic heterocycles. The van der Waals surface area contributed by atoms with Crippen molar-refractivity contribution in [1.82, 2.24) is 0 Å². The zero-order chi connectivity index (χ0) is 2.71. The summed E-state index contributed by atoms with van der Waals surface area (Å²) in [5, 5.41) is 0. The van der Waals surface area contributed by atoms with Crippen molar-refractivity contribution in [2.75, 3.05) is 0 Å². The van der Waals surface area contributed by atoms with Crippen LogP contribution in [0.25, 0.3) is 0 Å². The van der Waals surface area contributed by atoms with E-state index in [1.165, 1.54) is 0 Å². The fourth-order valence-electron chi connectivity index (χ4n) is 0. The average Bonchev–Trinajstić information content (AvgIpc) is 0.918. The van der Waals surface area contributed by atoms with Gasteiger partial charge in [-0.15, -0.1) is 0 Å². The molecule has 0 N–H and O–H groups in total. The molecule has 0 saturated heterocycles. The first-order chi connectivity index (χ1) is 1.41. The second kappa shape index (κ2) is 8.94. The zero-order valence-corrected chi connectivity index (χ0v) is 6.76. The third-order valence-corrected chi connectivity index (χ3v) is 0. The van der Waals surface area contributed by atoms with E-state index in [0.29, 0.717) is 0 Å². The minimum atomic E-state index is 0. The third-order valence-electron chi connectivity index (χ3n) is 0. The van der Waals surface area contributed by atoms with Gasteiger partial charge >= 0.3 is 37.5 Å². The molecular weight excluding hydrogens is 249 g/mol. The summed E-state index contributed by atoms with van der Waals surface area (Å²) in [6.07, 6.45) is 0. The molecule has 33 valence electrons. The van der Waals surface area contributed by atoms with Crippen molar-refractivity contribution in [2.45, 2.75) is 0 Å². The fourth-order valence-corrected chi connectivity index (χ4v) is 0. The first-order valence-corrected chi connectivity index (χ1v) is 5.16. The second-order valence-corrected chi connectivity index (χ2v) is 5.20. The van der Waals surface area contributed by atoms with Crippen LogP contribution in [0.2, 0.25) is 0 Å². The molecule has 4 heteroatoms. The summed E-state index contributed by atoms with van der Waals surface area (Å²) in [5.41, 5.74) is 0. The van der Waals surface area contributed by atoms with Gasteiger partial charge in [-0.1, -0.05) is 0 Å². The van der Waals surface area contributed by atoms with Gasteiger partial charge in [-0.3, -0.25) is 0 Å². The first-order valence-electron chi connectivity index (χ1n) is 0.297. The monoisotopic (exact) mass is 253 g/mol. The first kappa shape index (κ1) is 9.47. The molecule has 0 saturated carbocycles. The van der Waals surface area contributed by atoms with E-state index in [4.69, 9.17) is 0 Å². The van der Waals surface area contributed by atoms with Crippen molar-refractivity contribution in [1.29, 1.82) is 0 Å². The molecule has 0 heterocycles. The van der Waals surface area contributed by atoms with Crippen molar-refractivity contribution < 1.29 is 46.4 Å². The van der Waals surface area contributed by atoms with Crippen LogP contribution in [0.4, 0.5) is 0 Å². The van der Waals surface area contributed by atoms with Gasteiger partial charge in [-0.05, 0) is 0 Å². The molecule has 0 amide bonds. The van der Waals surface area contributed by atoms with Gasteiger partial charge in [0.15, 0.2) is 0 Å². The topological polar surface area (TPSA) is 0 Å². The van der Waals surface area contributed by atoms with E-state index >= 15 is 0 Å². The molecule has 0 spiro atoms. The maximum atomic E-state index is 2.49. The van der Waals surface area contributed by atoms with Crippen molar-refractivity contribution >= 4 is 7.93 Å². The minimum absolute atomic E-state index is 0. The van der Waals surface area contributed by atoms with Gasteiger partial charge < -0.3 is 0 Å². The zero-order valence-electron chi connectivity index (χ0n) is 1.62. The predicted octanol–water partition coefficient (Wildman–Crippen LogP) is 0.318. The van der Waals surface area contributed by atoms with E-state index in [2.05, 4.69) is 7.93 Å². The second-order valence-electron chi connectivity index (χ2n) is 0.0711. The van der Waals surface area contributed by atoms with Crippen LogP contribution < -0.4 is 0 Å². The molecule has 0 aliphatic carbocycles. The quantitative estimate of drug-likeness (QED) is 0.430. The predicted molar refractivity (Wildman–Crippen MR) is 9.71 cm³/mol. The summed E-state index contributed by atoms with van der Waals surface area (Å²) >= 11 is 3.68. The van der Waals surface area contributed by atoms with E-state index in [1.54, 1.807) is 11.9 Å². The van der Waals surface area contributed by atoms with Crippen LogP contribution in [0, 0.1) is 0 Å².